The lowest BCUT2D eigenvalue weighted by Crippen LogP contribution is -2.67. The van der Waals surface area contributed by atoms with Gasteiger partial charge in [0.1, 0.15) is 98.2 Å². The van der Waals surface area contributed by atoms with Crippen LogP contribution in [0.1, 0.15) is 0 Å². The molecular weight excluding hydrogens is 624 g/mol. The minimum atomic E-state index is -2.30. The molecule has 21 nitrogen and oxygen atoms in total. The molecule has 1 unspecified atom stereocenters. The van der Waals surface area contributed by atoms with Crippen molar-refractivity contribution in [1.82, 2.24) is 0 Å². The van der Waals surface area contributed by atoms with E-state index in [9.17, 15) is 71.5 Å². The molecule has 0 aromatic heterocycles. The van der Waals surface area contributed by atoms with E-state index in [-0.39, 0.29) is 0 Å². The third kappa shape index (κ3) is 7.29. The van der Waals surface area contributed by atoms with Crippen LogP contribution in [0.4, 0.5) is 0 Å². The number of hydrogen-bond donors (Lipinski definition) is 14. The summed E-state index contributed by atoms with van der Waals surface area (Å²) in [5, 5.41) is 143. The Bertz CT molecular complexity index is 933. The first kappa shape index (κ1) is 37.0. The smallest absolute Gasteiger partial charge is 0.221 e. The van der Waals surface area contributed by atoms with E-state index in [2.05, 4.69) is 0 Å². The maximum Gasteiger partial charge on any atom is 0.221 e. The van der Waals surface area contributed by atoms with Gasteiger partial charge < -0.3 is 105 Å². The van der Waals surface area contributed by atoms with Gasteiger partial charge in [-0.15, -0.1) is 0 Å². The molecule has 0 aromatic carbocycles. The lowest BCUT2D eigenvalue weighted by Gasteiger charge is -2.48. The van der Waals surface area contributed by atoms with Crippen molar-refractivity contribution in [2.45, 2.75) is 116 Å². The van der Waals surface area contributed by atoms with Gasteiger partial charge in [0.05, 0.1) is 26.4 Å². The molecule has 4 fully saturated rings. The first-order chi connectivity index (χ1) is 21.2. The van der Waals surface area contributed by atoms with E-state index >= 15 is 0 Å². The monoisotopic (exact) mass is 666 g/mol. The van der Waals surface area contributed by atoms with E-state index < -0.39 is 149 Å². The van der Waals surface area contributed by atoms with Crippen LogP contribution in [-0.2, 0) is 33.2 Å². The van der Waals surface area contributed by atoms with Gasteiger partial charge in [-0.2, -0.15) is 0 Å². The second-order valence-electron chi connectivity index (χ2n) is 11.2. The van der Waals surface area contributed by atoms with Crippen molar-refractivity contribution in [3.63, 3.8) is 0 Å². The summed E-state index contributed by atoms with van der Waals surface area (Å²) in [6, 6.07) is 0. The molecule has 0 aromatic rings. The van der Waals surface area contributed by atoms with Crippen molar-refractivity contribution < 1.29 is 105 Å². The third-order valence-corrected chi connectivity index (χ3v) is 8.29. The summed E-state index contributed by atoms with van der Waals surface area (Å²) < 4.78 is 37.4. The largest absolute Gasteiger partial charge is 0.394 e. The Balaban J connectivity index is 1.48. The Labute approximate surface area is 254 Å². The predicted molar refractivity (Wildman–Crippen MR) is 134 cm³/mol. The number of ether oxygens (including phenoxy) is 7. The third-order valence-electron chi connectivity index (χ3n) is 8.29. The van der Waals surface area contributed by atoms with Crippen LogP contribution < -0.4 is 0 Å². The van der Waals surface area contributed by atoms with Gasteiger partial charge in [-0.3, -0.25) is 0 Å². The van der Waals surface area contributed by atoms with Gasteiger partial charge in [0.25, 0.3) is 0 Å². The summed E-state index contributed by atoms with van der Waals surface area (Å²) in [5.74, 6) is -2.30. The average molecular weight is 667 g/mol. The molecule has 19 atom stereocenters. The normalized spacial score (nSPS) is 52.9. The van der Waals surface area contributed by atoms with Gasteiger partial charge in [0.15, 0.2) is 18.9 Å². The highest BCUT2D eigenvalue weighted by molar-refractivity contribution is 4.97. The first-order valence-corrected chi connectivity index (χ1v) is 14.1. The molecule has 0 aliphatic carbocycles. The number of aliphatic hydroxyl groups excluding tert-OH is 14. The van der Waals surface area contributed by atoms with E-state index in [0.717, 1.165) is 0 Å². The standard InChI is InChI=1S/C24H42O21/c25-1-7-12(31)18(16(35)21(38)41-7)44-23-17(36)19(13(32)8(2-26)42-23)45-22-15(34)14(33)11(30)9(43-22)4-40-24(5-27)20(37)10(29)6(28)3-39-24/h6-23,25-38H,1-5H2/t6-,7-,8-,9-,10-,11-,12-,13-,14+,15-,16-,17-,18+,19+,20+,21?,22+,23+,24+/m1/s1. The Morgan fingerprint density at radius 3 is 1.67 bits per heavy atom. The fraction of sp³-hybridized carbons (Fsp3) is 1.00. The SMILES string of the molecule is OC[C@H]1O[C@@H](O[C@H]2[C@H](O)[C@@H](CO)OC(O)[C@@H]2O)[C@H](O)[C@@H](O[C@@H]2O[C@H](CO[C@]3(CO)OC[C@@H](O)[C@@H](O)[C@@H]3O)[C@@H](O)[C@H](O)[C@H]2O)[C@@H]1O. The van der Waals surface area contributed by atoms with Crippen LogP contribution in [-0.4, -0.2) is 221 Å². The van der Waals surface area contributed by atoms with Gasteiger partial charge in [-0.25, -0.2) is 0 Å². The van der Waals surface area contributed by atoms with Gasteiger partial charge in [0, 0.05) is 0 Å². The minimum absolute atomic E-state index is 0.559. The Hall–Kier alpha value is -0.840. The van der Waals surface area contributed by atoms with Crippen molar-refractivity contribution in [3.05, 3.63) is 0 Å². The number of hydrogen-bond acceptors (Lipinski definition) is 21. The predicted octanol–water partition coefficient (Wildman–Crippen LogP) is -9.75. The topological polar surface area (TPSA) is 348 Å². The van der Waals surface area contributed by atoms with Crippen molar-refractivity contribution >= 4 is 0 Å². The fourth-order valence-corrected chi connectivity index (χ4v) is 5.45. The maximum atomic E-state index is 11.0. The fourth-order valence-electron chi connectivity index (χ4n) is 5.45. The van der Waals surface area contributed by atoms with E-state index in [1.165, 1.54) is 0 Å². The molecule has 4 heterocycles. The zero-order valence-corrected chi connectivity index (χ0v) is 23.5. The molecule has 0 radical (unpaired) electrons. The molecule has 0 spiro atoms. The molecule has 4 rings (SSSR count). The van der Waals surface area contributed by atoms with Crippen LogP contribution >= 0.6 is 0 Å². The highest BCUT2D eigenvalue weighted by atomic mass is 16.8. The average Bonchev–Trinajstić information content (AvgIpc) is 3.03. The van der Waals surface area contributed by atoms with Crippen LogP contribution in [0.3, 0.4) is 0 Å². The van der Waals surface area contributed by atoms with Gasteiger partial charge >= 0.3 is 0 Å². The van der Waals surface area contributed by atoms with Crippen LogP contribution in [0, 0.1) is 0 Å². The molecule has 4 aliphatic heterocycles. The highest BCUT2D eigenvalue weighted by Gasteiger charge is 2.55. The second-order valence-corrected chi connectivity index (χ2v) is 11.2. The van der Waals surface area contributed by atoms with Crippen LogP contribution in [0.2, 0.25) is 0 Å². The first-order valence-electron chi connectivity index (χ1n) is 14.1. The number of aliphatic hydroxyl groups is 14. The van der Waals surface area contributed by atoms with E-state index in [1.54, 1.807) is 0 Å². The van der Waals surface area contributed by atoms with E-state index in [4.69, 9.17) is 33.2 Å². The van der Waals surface area contributed by atoms with Crippen LogP contribution in [0.25, 0.3) is 0 Å². The second kappa shape index (κ2) is 15.1. The molecule has 21 heteroatoms. The van der Waals surface area contributed by atoms with Crippen molar-refractivity contribution in [2.75, 3.05) is 33.0 Å². The highest BCUT2D eigenvalue weighted by Crippen LogP contribution is 2.33. The number of rotatable bonds is 10. The molecule has 0 amide bonds. The molecule has 4 aliphatic rings. The minimum Gasteiger partial charge on any atom is -0.394 e. The summed E-state index contributed by atoms with van der Waals surface area (Å²) in [7, 11) is 0. The molecule has 4 saturated heterocycles. The molecule has 264 valence electrons. The Morgan fingerprint density at radius 1 is 0.556 bits per heavy atom. The lowest BCUT2D eigenvalue weighted by molar-refractivity contribution is -0.386. The van der Waals surface area contributed by atoms with Crippen molar-refractivity contribution in [2.24, 2.45) is 0 Å². The summed E-state index contributed by atoms with van der Waals surface area (Å²) in [6.07, 6.45) is -32.8. The van der Waals surface area contributed by atoms with E-state index in [0.29, 0.717) is 0 Å². The summed E-state index contributed by atoms with van der Waals surface area (Å²) in [6.45, 7) is -4.08. The Morgan fingerprint density at radius 2 is 1.09 bits per heavy atom. The van der Waals surface area contributed by atoms with Crippen molar-refractivity contribution in [1.29, 1.82) is 0 Å². The molecule has 14 N–H and O–H groups in total. The molecule has 0 bridgehead atoms. The molecule has 0 saturated carbocycles. The summed E-state index contributed by atoms with van der Waals surface area (Å²) in [5.41, 5.74) is 0. The Kier molecular flexibility index (Phi) is 12.5. The van der Waals surface area contributed by atoms with Crippen LogP contribution in [0.5, 0.6) is 0 Å². The van der Waals surface area contributed by atoms with Crippen LogP contribution in [0.15, 0.2) is 0 Å². The summed E-state index contributed by atoms with van der Waals surface area (Å²) >= 11 is 0. The lowest BCUT2D eigenvalue weighted by atomic mass is 9.95. The molecular formula is C24H42O21. The van der Waals surface area contributed by atoms with Gasteiger partial charge in [0.2, 0.25) is 5.79 Å². The van der Waals surface area contributed by atoms with E-state index in [1.807, 2.05) is 0 Å². The zero-order valence-electron chi connectivity index (χ0n) is 23.5. The summed E-state index contributed by atoms with van der Waals surface area (Å²) in [4.78, 5) is 0. The van der Waals surface area contributed by atoms with Gasteiger partial charge in [-0.05, 0) is 0 Å². The molecule has 45 heavy (non-hydrogen) atoms. The van der Waals surface area contributed by atoms with Gasteiger partial charge in [-0.1, -0.05) is 0 Å². The van der Waals surface area contributed by atoms with Crippen molar-refractivity contribution in [3.8, 4) is 0 Å². The quantitative estimate of drug-likeness (QED) is 0.103. The zero-order chi connectivity index (χ0) is 33.4. The maximum absolute atomic E-state index is 11.0.